The van der Waals surface area contributed by atoms with Gasteiger partial charge in [-0.2, -0.15) is 0 Å². The lowest BCUT2D eigenvalue weighted by atomic mass is 9.96. The molecule has 0 spiro atoms. The Kier molecular flexibility index (Phi) is 7.69. The maximum atomic E-state index is 12.1. The van der Waals surface area contributed by atoms with Crippen molar-refractivity contribution in [2.75, 3.05) is 6.61 Å². The molecule has 0 unspecified atom stereocenters. The van der Waals surface area contributed by atoms with Gasteiger partial charge in [0.2, 0.25) is 0 Å². The topological polar surface area (TPSA) is 50.4 Å². The Hall–Kier alpha value is -1.14. The third-order valence-corrected chi connectivity index (χ3v) is 5.54. The summed E-state index contributed by atoms with van der Waals surface area (Å²) in [6.07, 6.45) is 5.96. The van der Waals surface area contributed by atoms with E-state index in [1.54, 1.807) is 0 Å². The smallest absolute Gasteiger partial charge is 0.264 e. The summed E-state index contributed by atoms with van der Waals surface area (Å²) >= 11 is 8.79. The number of carbonyl (C=O) groups is 1. The van der Waals surface area contributed by atoms with Gasteiger partial charge < -0.3 is 15.4 Å². The minimum atomic E-state index is -0.233. The van der Waals surface area contributed by atoms with Gasteiger partial charge in [0.1, 0.15) is 5.75 Å². The van der Waals surface area contributed by atoms with Crippen LogP contribution in [-0.4, -0.2) is 23.7 Å². The lowest BCUT2D eigenvalue weighted by Crippen LogP contribution is -2.46. The number of rotatable bonds is 5. The molecule has 25 heavy (non-hydrogen) atoms. The Morgan fingerprint density at radius 2 is 2.00 bits per heavy atom. The molecular formula is C19H27BrN2O2S. The van der Waals surface area contributed by atoms with Gasteiger partial charge in [0.15, 0.2) is 11.7 Å². The Labute approximate surface area is 164 Å². The molecule has 0 aromatic heterocycles. The van der Waals surface area contributed by atoms with Crippen LogP contribution in [0.25, 0.3) is 0 Å². The van der Waals surface area contributed by atoms with Crippen LogP contribution in [0.15, 0.2) is 16.6 Å². The van der Waals surface area contributed by atoms with Crippen LogP contribution in [0.3, 0.4) is 0 Å². The van der Waals surface area contributed by atoms with E-state index < -0.39 is 0 Å². The third kappa shape index (κ3) is 6.26. The highest BCUT2D eigenvalue weighted by atomic mass is 79.9. The third-order valence-electron chi connectivity index (χ3n) is 4.47. The zero-order valence-corrected chi connectivity index (χ0v) is 17.6. The molecule has 4 nitrogen and oxygen atoms in total. The van der Waals surface area contributed by atoms with E-state index in [4.69, 9.17) is 17.0 Å². The highest BCUT2D eigenvalue weighted by molar-refractivity contribution is 9.10. The molecule has 0 bridgehead atoms. The first kappa shape index (κ1) is 20.2. The first-order valence-corrected chi connectivity index (χ1v) is 10.1. The van der Waals surface area contributed by atoms with Crippen LogP contribution in [0.1, 0.15) is 63.0 Å². The monoisotopic (exact) mass is 426 g/mol. The molecule has 0 saturated heterocycles. The summed E-state index contributed by atoms with van der Waals surface area (Å²) in [6.45, 7) is 6.16. The number of hydrogen-bond donors (Lipinski definition) is 2. The van der Waals surface area contributed by atoms with Crippen molar-refractivity contribution >= 4 is 39.2 Å². The van der Waals surface area contributed by atoms with Gasteiger partial charge in [-0.3, -0.25) is 4.79 Å². The Morgan fingerprint density at radius 3 is 2.64 bits per heavy atom. The number of ether oxygens (including phenoxy) is 1. The molecule has 0 atom stereocenters. The van der Waals surface area contributed by atoms with Crippen LogP contribution in [0, 0.1) is 6.92 Å². The van der Waals surface area contributed by atoms with Gasteiger partial charge in [0.25, 0.3) is 5.91 Å². The number of halogens is 1. The van der Waals surface area contributed by atoms with Crippen molar-refractivity contribution in [1.29, 1.82) is 0 Å². The number of hydrogen-bond acceptors (Lipinski definition) is 3. The van der Waals surface area contributed by atoms with Gasteiger partial charge in [0.05, 0.1) is 0 Å². The standard InChI is InChI=1S/C19H27BrN2O2S/c1-12(2)15-10-16(20)13(3)9-17(15)24-11-18(23)22-19(25)21-14-7-5-4-6-8-14/h9-10,12,14H,4-8,11H2,1-3H3,(H2,21,22,23,25). The molecule has 0 radical (unpaired) electrons. The van der Waals surface area contributed by atoms with Crippen molar-refractivity contribution in [1.82, 2.24) is 10.6 Å². The molecule has 6 heteroatoms. The van der Waals surface area contributed by atoms with Crippen LogP contribution in [0.2, 0.25) is 0 Å². The highest BCUT2D eigenvalue weighted by Crippen LogP contribution is 2.32. The summed E-state index contributed by atoms with van der Waals surface area (Å²) < 4.78 is 6.81. The fourth-order valence-corrected chi connectivity index (χ4v) is 3.66. The Morgan fingerprint density at radius 1 is 1.32 bits per heavy atom. The summed E-state index contributed by atoms with van der Waals surface area (Å²) in [4.78, 5) is 12.1. The maximum absolute atomic E-state index is 12.1. The Bertz CT molecular complexity index is 628. The van der Waals surface area contributed by atoms with Crippen molar-refractivity contribution < 1.29 is 9.53 Å². The molecule has 1 amide bonds. The van der Waals surface area contributed by atoms with Crippen LogP contribution in [0.4, 0.5) is 0 Å². The van der Waals surface area contributed by atoms with Crippen LogP contribution in [0.5, 0.6) is 5.75 Å². The molecule has 0 aliphatic heterocycles. The van der Waals surface area contributed by atoms with Crippen LogP contribution < -0.4 is 15.4 Å². The molecule has 2 rings (SSSR count). The summed E-state index contributed by atoms with van der Waals surface area (Å²) in [5.41, 5.74) is 2.16. The van der Waals surface area contributed by atoms with Crippen LogP contribution >= 0.6 is 28.1 Å². The largest absolute Gasteiger partial charge is 0.483 e. The normalized spacial score (nSPS) is 15.1. The quantitative estimate of drug-likeness (QED) is 0.676. The minimum absolute atomic E-state index is 0.0483. The maximum Gasteiger partial charge on any atom is 0.264 e. The number of nitrogens with one attached hydrogen (secondary N) is 2. The van der Waals surface area contributed by atoms with Crippen molar-refractivity contribution in [2.45, 2.75) is 64.8 Å². The molecule has 138 valence electrons. The average molecular weight is 427 g/mol. The highest BCUT2D eigenvalue weighted by Gasteiger charge is 2.16. The summed E-state index contributed by atoms with van der Waals surface area (Å²) in [7, 11) is 0. The average Bonchev–Trinajstić information content (AvgIpc) is 2.56. The Balaban J connectivity index is 1.87. The van der Waals surface area contributed by atoms with E-state index in [0.29, 0.717) is 17.1 Å². The van der Waals surface area contributed by atoms with Gasteiger partial charge in [0, 0.05) is 10.5 Å². The fourth-order valence-electron chi connectivity index (χ4n) is 3.02. The van der Waals surface area contributed by atoms with Crippen LogP contribution in [-0.2, 0) is 4.79 Å². The van der Waals surface area contributed by atoms with E-state index in [0.717, 1.165) is 34.2 Å². The SMILES string of the molecule is Cc1cc(OCC(=O)NC(=S)NC2CCCCC2)c(C(C)C)cc1Br. The second kappa shape index (κ2) is 9.53. The van der Waals surface area contributed by atoms with Crippen molar-refractivity contribution in [3.05, 3.63) is 27.7 Å². The van der Waals surface area contributed by atoms with Gasteiger partial charge in [-0.1, -0.05) is 49.0 Å². The second-order valence-electron chi connectivity index (χ2n) is 6.94. The predicted molar refractivity (Wildman–Crippen MR) is 109 cm³/mol. The van der Waals surface area contributed by atoms with Crippen molar-refractivity contribution in [2.24, 2.45) is 0 Å². The molecule has 1 aliphatic rings. The van der Waals surface area contributed by atoms with E-state index in [1.165, 1.54) is 19.3 Å². The molecule has 1 fully saturated rings. The lowest BCUT2D eigenvalue weighted by Gasteiger charge is -2.24. The number of carbonyl (C=O) groups excluding carboxylic acids is 1. The van der Waals surface area contributed by atoms with E-state index in [2.05, 4.69) is 46.5 Å². The van der Waals surface area contributed by atoms with Gasteiger partial charge >= 0.3 is 0 Å². The second-order valence-corrected chi connectivity index (χ2v) is 8.20. The number of thiocarbonyl (C=S) groups is 1. The number of aryl methyl sites for hydroxylation is 1. The van der Waals surface area contributed by atoms with Crippen molar-refractivity contribution in [3.8, 4) is 5.75 Å². The zero-order valence-electron chi connectivity index (χ0n) is 15.2. The number of amides is 1. The van der Waals surface area contributed by atoms with Crippen molar-refractivity contribution in [3.63, 3.8) is 0 Å². The van der Waals surface area contributed by atoms with E-state index in [-0.39, 0.29) is 12.5 Å². The van der Waals surface area contributed by atoms with E-state index in [1.807, 2.05) is 13.0 Å². The molecule has 1 aromatic rings. The fraction of sp³-hybridized carbons (Fsp3) is 0.579. The first-order valence-electron chi connectivity index (χ1n) is 8.90. The summed E-state index contributed by atoms with van der Waals surface area (Å²) in [5, 5.41) is 6.35. The van der Waals surface area contributed by atoms with Gasteiger partial charge in [-0.15, -0.1) is 0 Å². The number of benzene rings is 1. The molecule has 2 N–H and O–H groups in total. The van der Waals surface area contributed by atoms with E-state index >= 15 is 0 Å². The lowest BCUT2D eigenvalue weighted by molar-refractivity contribution is -0.121. The van der Waals surface area contributed by atoms with Gasteiger partial charge in [-0.25, -0.2) is 0 Å². The molecule has 1 aromatic carbocycles. The molecular weight excluding hydrogens is 400 g/mol. The van der Waals surface area contributed by atoms with E-state index in [9.17, 15) is 4.79 Å². The van der Waals surface area contributed by atoms with Gasteiger partial charge in [-0.05, 0) is 61.2 Å². The molecule has 1 aliphatic carbocycles. The predicted octanol–water partition coefficient (Wildman–Crippen LogP) is 4.58. The first-order chi connectivity index (χ1) is 11.9. The zero-order chi connectivity index (χ0) is 18.4. The summed E-state index contributed by atoms with van der Waals surface area (Å²) in [5.74, 6) is 0.824. The minimum Gasteiger partial charge on any atom is -0.483 e. The molecule has 1 saturated carbocycles. The summed E-state index contributed by atoms with van der Waals surface area (Å²) in [6, 6.07) is 4.40. The molecule has 0 heterocycles.